The molecule has 2 aliphatic rings. The number of nitrogens with one attached hydrogen (secondary N) is 3. The summed E-state index contributed by atoms with van der Waals surface area (Å²) in [6.07, 6.45) is 4.59. The van der Waals surface area contributed by atoms with Crippen molar-refractivity contribution in [3.63, 3.8) is 0 Å². The standard InChI is InChI=1S/C26H37N5O4S2/c1-16(2)22-23(24(33)28-15-20(26(34)35)29-21(32)14-19-4-3-13-36-19)37-25(30-22)17-7-11-31(12-8-17)18-5-9-27-10-6-18/h3-4,13,16-18,20,27H,5-12,14-15H2,1-2H3,(H,28,33)(H,29,32)(H,34,35)/t20-/m0/s1. The summed E-state index contributed by atoms with van der Waals surface area (Å²) in [6, 6.07) is 3.13. The van der Waals surface area contributed by atoms with E-state index < -0.39 is 12.0 Å². The van der Waals surface area contributed by atoms with Crippen molar-refractivity contribution in [1.82, 2.24) is 25.8 Å². The van der Waals surface area contributed by atoms with Gasteiger partial charge in [0.15, 0.2) is 0 Å². The Labute approximate surface area is 226 Å². The minimum atomic E-state index is -1.20. The molecule has 2 aromatic heterocycles. The lowest BCUT2D eigenvalue weighted by molar-refractivity contribution is -0.141. The first-order valence-electron chi connectivity index (χ1n) is 13.1. The second-order valence-electron chi connectivity index (χ2n) is 10.1. The Hall–Kier alpha value is -2.34. The second-order valence-corrected chi connectivity index (χ2v) is 12.2. The maximum absolute atomic E-state index is 13.1. The summed E-state index contributed by atoms with van der Waals surface area (Å²) in [6.45, 7) is 8.13. The van der Waals surface area contributed by atoms with Crippen molar-refractivity contribution in [3.8, 4) is 0 Å². The van der Waals surface area contributed by atoms with E-state index in [1.54, 1.807) is 0 Å². The number of amides is 2. The number of hydrogen-bond acceptors (Lipinski definition) is 8. The number of carbonyl (C=O) groups excluding carboxylic acids is 2. The third kappa shape index (κ3) is 7.37. The fourth-order valence-corrected chi connectivity index (χ4v) is 7.06. The van der Waals surface area contributed by atoms with E-state index in [-0.39, 0.29) is 30.7 Å². The zero-order valence-electron chi connectivity index (χ0n) is 21.5. The summed E-state index contributed by atoms with van der Waals surface area (Å²) in [5.41, 5.74) is 0.756. The van der Waals surface area contributed by atoms with E-state index >= 15 is 0 Å². The van der Waals surface area contributed by atoms with E-state index in [1.165, 1.54) is 35.5 Å². The molecule has 0 spiro atoms. The van der Waals surface area contributed by atoms with Crippen LogP contribution in [0.25, 0.3) is 0 Å². The highest BCUT2D eigenvalue weighted by atomic mass is 32.1. The summed E-state index contributed by atoms with van der Waals surface area (Å²) in [7, 11) is 0. The number of carboxylic acid groups (broad SMARTS) is 1. The smallest absolute Gasteiger partial charge is 0.328 e. The lowest BCUT2D eigenvalue weighted by Crippen LogP contribution is -2.48. The van der Waals surface area contributed by atoms with E-state index in [0.717, 1.165) is 54.6 Å². The van der Waals surface area contributed by atoms with Crippen molar-refractivity contribution < 1.29 is 19.5 Å². The molecule has 4 heterocycles. The predicted octanol–water partition coefficient (Wildman–Crippen LogP) is 2.80. The number of carboxylic acids is 1. The SMILES string of the molecule is CC(C)c1nc(C2CCN(C3CCNCC3)CC2)sc1C(=O)NC[C@H](NC(=O)Cc1cccs1)C(=O)O. The Kier molecular flexibility index (Phi) is 9.69. The lowest BCUT2D eigenvalue weighted by atomic mass is 9.94. The lowest BCUT2D eigenvalue weighted by Gasteiger charge is -2.39. The molecule has 2 saturated heterocycles. The number of thiophene rings is 1. The van der Waals surface area contributed by atoms with Crippen LogP contribution < -0.4 is 16.0 Å². The number of carbonyl (C=O) groups is 3. The summed E-state index contributed by atoms with van der Waals surface area (Å²) in [5, 5.41) is 21.1. The van der Waals surface area contributed by atoms with Gasteiger partial charge in [0.05, 0.1) is 17.1 Å². The average molecular weight is 548 g/mol. The highest BCUT2D eigenvalue weighted by Crippen LogP contribution is 2.35. The van der Waals surface area contributed by atoms with Gasteiger partial charge in [-0.2, -0.15) is 0 Å². The van der Waals surface area contributed by atoms with Crippen LogP contribution in [-0.2, 0) is 16.0 Å². The van der Waals surface area contributed by atoms with Crippen LogP contribution in [0.4, 0.5) is 0 Å². The van der Waals surface area contributed by atoms with Crippen LogP contribution >= 0.6 is 22.7 Å². The van der Waals surface area contributed by atoms with Crippen LogP contribution in [-0.4, -0.2) is 77.6 Å². The first-order chi connectivity index (χ1) is 17.8. The molecule has 2 aromatic rings. The molecule has 0 aromatic carbocycles. The number of likely N-dealkylation sites (tertiary alicyclic amines) is 1. The highest BCUT2D eigenvalue weighted by Gasteiger charge is 2.31. The second kappa shape index (κ2) is 12.9. The fraction of sp³-hybridized carbons (Fsp3) is 0.615. The predicted molar refractivity (Wildman–Crippen MR) is 146 cm³/mol. The normalized spacial score (nSPS) is 18.6. The number of nitrogens with zero attached hydrogens (tertiary/aromatic N) is 2. The van der Waals surface area contributed by atoms with Gasteiger partial charge in [-0.1, -0.05) is 19.9 Å². The fourth-order valence-electron chi connectivity index (χ4n) is 5.05. The maximum Gasteiger partial charge on any atom is 0.328 e. The van der Waals surface area contributed by atoms with Gasteiger partial charge in [-0.05, 0) is 69.2 Å². The van der Waals surface area contributed by atoms with Gasteiger partial charge in [-0.3, -0.25) is 9.59 Å². The molecule has 0 aliphatic carbocycles. The Morgan fingerprint density at radius 3 is 2.54 bits per heavy atom. The molecule has 0 bridgehead atoms. The third-order valence-corrected chi connectivity index (χ3v) is 9.25. The van der Waals surface area contributed by atoms with Crippen LogP contribution in [0.5, 0.6) is 0 Å². The number of rotatable bonds is 10. The van der Waals surface area contributed by atoms with E-state index in [1.807, 2.05) is 31.4 Å². The van der Waals surface area contributed by atoms with Crippen molar-refractivity contribution in [2.45, 2.75) is 69.9 Å². The van der Waals surface area contributed by atoms with Crippen LogP contribution in [0.3, 0.4) is 0 Å². The first-order valence-corrected chi connectivity index (χ1v) is 14.8. The van der Waals surface area contributed by atoms with E-state index in [0.29, 0.717) is 16.8 Å². The largest absolute Gasteiger partial charge is 0.480 e. The van der Waals surface area contributed by atoms with Crippen LogP contribution in [0, 0.1) is 0 Å². The molecule has 202 valence electrons. The molecule has 0 unspecified atom stereocenters. The van der Waals surface area contributed by atoms with Crippen LogP contribution in [0.1, 0.15) is 76.6 Å². The summed E-state index contributed by atoms with van der Waals surface area (Å²) in [5.74, 6) is -1.50. The molecule has 11 heteroatoms. The number of thiazole rings is 1. The molecule has 2 amide bonds. The molecule has 2 fully saturated rings. The molecule has 2 aliphatic heterocycles. The van der Waals surface area contributed by atoms with Crippen molar-refractivity contribution in [1.29, 1.82) is 0 Å². The van der Waals surface area contributed by atoms with Crippen LogP contribution in [0.2, 0.25) is 0 Å². The van der Waals surface area contributed by atoms with Gasteiger partial charge in [0, 0.05) is 23.4 Å². The van der Waals surface area contributed by atoms with E-state index in [9.17, 15) is 19.5 Å². The molecule has 37 heavy (non-hydrogen) atoms. The Morgan fingerprint density at radius 1 is 1.19 bits per heavy atom. The topological polar surface area (TPSA) is 124 Å². The molecule has 4 N–H and O–H groups in total. The van der Waals surface area contributed by atoms with Crippen LogP contribution in [0.15, 0.2) is 17.5 Å². The number of aliphatic carboxylic acids is 1. The zero-order chi connectivity index (χ0) is 26.4. The quantitative estimate of drug-likeness (QED) is 0.361. The number of aromatic nitrogens is 1. The Bertz CT molecular complexity index is 1060. The Balaban J connectivity index is 1.35. The van der Waals surface area contributed by atoms with Gasteiger partial charge in [0.25, 0.3) is 5.91 Å². The molecule has 9 nitrogen and oxygen atoms in total. The molecular weight excluding hydrogens is 510 g/mol. The maximum atomic E-state index is 13.1. The van der Waals surface area contributed by atoms with Crippen molar-refractivity contribution in [3.05, 3.63) is 38.0 Å². The first kappa shape index (κ1) is 27.7. The van der Waals surface area contributed by atoms with Gasteiger partial charge >= 0.3 is 5.97 Å². The summed E-state index contributed by atoms with van der Waals surface area (Å²) < 4.78 is 0. The molecule has 4 rings (SSSR count). The van der Waals surface area contributed by atoms with Gasteiger partial charge in [-0.15, -0.1) is 22.7 Å². The molecule has 1 atom stereocenters. The minimum absolute atomic E-state index is 0.0707. The Morgan fingerprint density at radius 2 is 1.92 bits per heavy atom. The van der Waals surface area contributed by atoms with Crippen molar-refractivity contribution >= 4 is 40.5 Å². The van der Waals surface area contributed by atoms with E-state index in [2.05, 4.69) is 20.9 Å². The van der Waals surface area contributed by atoms with Crippen molar-refractivity contribution in [2.24, 2.45) is 0 Å². The van der Waals surface area contributed by atoms with Gasteiger partial charge in [0.2, 0.25) is 5.91 Å². The van der Waals surface area contributed by atoms with Gasteiger partial charge in [-0.25, -0.2) is 9.78 Å². The molecule has 0 saturated carbocycles. The monoisotopic (exact) mass is 547 g/mol. The third-order valence-electron chi connectivity index (χ3n) is 7.14. The number of piperidine rings is 2. The molecular formula is C26H37N5O4S2. The summed E-state index contributed by atoms with van der Waals surface area (Å²) >= 11 is 2.87. The average Bonchev–Trinajstić information content (AvgIpc) is 3.57. The molecule has 0 radical (unpaired) electrons. The highest BCUT2D eigenvalue weighted by molar-refractivity contribution is 7.14. The van der Waals surface area contributed by atoms with E-state index in [4.69, 9.17) is 4.98 Å². The zero-order valence-corrected chi connectivity index (χ0v) is 23.1. The van der Waals surface area contributed by atoms with Gasteiger partial charge < -0.3 is 26.0 Å². The minimum Gasteiger partial charge on any atom is -0.480 e. The number of hydrogen-bond donors (Lipinski definition) is 4. The van der Waals surface area contributed by atoms with Crippen molar-refractivity contribution in [2.75, 3.05) is 32.7 Å². The summed E-state index contributed by atoms with van der Waals surface area (Å²) in [4.78, 5) is 46.1. The van der Waals surface area contributed by atoms with Gasteiger partial charge in [0.1, 0.15) is 10.9 Å².